The first kappa shape index (κ1) is 23.3. The third-order valence-electron chi connectivity index (χ3n) is 5.25. The predicted molar refractivity (Wildman–Crippen MR) is 130 cm³/mol. The number of nitrogens with zero attached hydrogens (tertiary/aromatic N) is 2. The minimum absolute atomic E-state index is 0.284. The van der Waals surface area contributed by atoms with Crippen LogP contribution in [-0.4, -0.2) is 37.7 Å². The van der Waals surface area contributed by atoms with Gasteiger partial charge in [0.05, 0.1) is 42.6 Å². The SMILES string of the molecule is COc1ccc(-c2cc(C(=O)OCC(=O)Nc3ccc(C#N)cc3)c3ccccc3n2)cc1OC. The molecule has 0 unspecified atom stereocenters. The van der Waals surface area contributed by atoms with Crippen molar-refractivity contribution < 1.29 is 23.8 Å². The maximum Gasteiger partial charge on any atom is 0.339 e. The molecule has 4 aromatic rings. The van der Waals surface area contributed by atoms with Crippen molar-refractivity contribution in [3.63, 3.8) is 0 Å². The zero-order valence-corrected chi connectivity index (χ0v) is 19.1. The molecule has 4 rings (SSSR count). The van der Waals surface area contributed by atoms with Gasteiger partial charge in [0.15, 0.2) is 18.1 Å². The summed E-state index contributed by atoms with van der Waals surface area (Å²) < 4.78 is 16.0. The van der Waals surface area contributed by atoms with Crippen molar-refractivity contribution in [2.45, 2.75) is 0 Å². The van der Waals surface area contributed by atoms with E-state index >= 15 is 0 Å². The highest BCUT2D eigenvalue weighted by Gasteiger charge is 2.17. The van der Waals surface area contributed by atoms with E-state index in [1.165, 1.54) is 0 Å². The lowest BCUT2D eigenvalue weighted by Crippen LogP contribution is -2.21. The average molecular weight is 467 g/mol. The predicted octanol–water partition coefficient (Wildman–Crippen LogP) is 4.59. The second-order valence-electron chi connectivity index (χ2n) is 7.46. The zero-order valence-electron chi connectivity index (χ0n) is 19.1. The van der Waals surface area contributed by atoms with Crippen molar-refractivity contribution in [3.05, 3.63) is 83.9 Å². The Balaban J connectivity index is 1.57. The summed E-state index contributed by atoms with van der Waals surface area (Å²) in [5, 5.41) is 12.1. The highest BCUT2D eigenvalue weighted by molar-refractivity contribution is 6.05. The highest BCUT2D eigenvalue weighted by atomic mass is 16.5. The molecule has 35 heavy (non-hydrogen) atoms. The third kappa shape index (κ3) is 5.20. The minimum atomic E-state index is -0.652. The average Bonchev–Trinajstić information content (AvgIpc) is 2.91. The largest absolute Gasteiger partial charge is 0.493 e. The number of nitriles is 1. The van der Waals surface area contributed by atoms with Gasteiger partial charge in [-0.2, -0.15) is 5.26 Å². The van der Waals surface area contributed by atoms with Crippen LogP contribution in [0.2, 0.25) is 0 Å². The lowest BCUT2D eigenvalue weighted by atomic mass is 10.0. The molecule has 8 nitrogen and oxygen atoms in total. The summed E-state index contributed by atoms with van der Waals surface area (Å²) in [7, 11) is 3.10. The fourth-order valence-corrected chi connectivity index (χ4v) is 3.52. The number of aromatic nitrogens is 1. The Labute approximate surface area is 201 Å². The number of benzene rings is 3. The van der Waals surface area contributed by atoms with Crippen LogP contribution in [0.1, 0.15) is 15.9 Å². The van der Waals surface area contributed by atoms with Crippen molar-refractivity contribution in [1.29, 1.82) is 5.26 Å². The quantitative estimate of drug-likeness (QED) is 0.396. The molecule has 0 saturated heterocycles. The molecule has 0 fully saturated rings. The first-order valence-electron chi connectivity index (χ1n) is 10.6. The Morgan fingerprint density at radius 1 is 0.943 bits per heavy atom. The Morgan fingerprint density at radius 2 is 1.69 bits per heavy atom. The lowest BCUT2D eigenvalue weighted by molar-refractivity contribution is -0.119. The molecule has 0 bridgehead atoms. The van der Waals surface area contributed by atoms with Crippen molar-refractivity contribution in [1.82, 2.24) is 4.98 Å². The smallest absolute Gasteiger partial charge is 0.339 e. The zero-order chi connectivity index (χ0) is 24.8. The Bertz CT molecular complexity index is 1440. The molecule has 0 atom stereocenters. The van der Waals surface area contributed by atoms with E-state index in [4.69, 9.17) is 19.5 Å². The normalized spacial score (nSPS) is 10.3. The van der Waals surface area contributed by atoms with E-state index < -0.39 is 18.5 Å². The number of hydrogen-bond acceptors (Lipinski definition) is 7. The molecule has 8 heteroatoms. The maximum absolute atomic E-state index is 13.0. The fraction of sp³-hybridized carbons (Fsp3) is 0.111. The first-order valence-corrected chi connectivity index (χ1v) is 10.6. The summed E-state index contributed by atoms with van der Waals surface area (Å²) in [4.78, 5) is 30.0. The Morgan fingerprint density at radius 3 is 2.40 bits per heavy atom. The summed E-state index contributed by atoms with van der Waals surface area (Å²) in [5.74, 6) is -0.0460. The van der Waals surface area contributed by atoms with Crippen molar-refractivity contribution >= 4 is 28.5 Å². The monoisotopic (exact) mass is 467 g/mol. The van der Waals surface area contributed by atoms with Gasteiger partial charge in [0.1, 0.15) is 0 Å². The topological polar surface area (TPSA) is 111 Å². The van der Waals surface area contributed by atoms with Gasteiger partial charge in [0.2, 0.25) is 0 Å². The van der Waals surface area contributed by atoms with Crippen LogP contribution >= 0.6 is 0 Å². The molecule has 174 valence electrons. The van der Waals surface area contributed by atoms with Gasteiger partial charge < -0.3 is 19.5 Å². The number of carbonyl (C=O) groups excluding carboxylic acids is 2. The summed E-state index contributed by atoms with van der Waals surface area (Å²) in [6.45, 7) is -0.471. The van der Waals surface area contributed by atoms with E-state index in [1.807, 2.05) is 18.2 Å². The van der Waals surface area contributed by atoms with E-state index in [-0.39, 0.29) is 5.56 Å². The molecule has 0 aliphatic carbocycles. The van der Waals surface area contributed by atoms with Gasteiger partial charge in [-0.3, -0.25) is 4.79 Å². The summed E-state index contributed by atoms with van der Waals surface area (Å²) in [6, 6.07) is 22.6. The molecule has 1 amide bonds. The van der Waals surface area contributed by atoms with E-state index in [0.717, 1.165) is 5.56 Å². The third-order valence-corrected chi connectivity index (χ3v) is 5.25. The molecule has 0 aliphatic rings. The second kappa shape index (κ2) is 10.4. The Kier molecular flexibility index (Phi) is 6.88. The number of pyridine rings is 1. The molecule has 3 aromatic carbocycles. The highest BCUT2D eigenvalue weighted by Crippen LogP contribution is 2.33. The summed E-state index contributed by atoms with van der Waals surface area (Å²) in [6.07, 6.45) is 0. The number of hydrogen-bond donors (Lipinski definition) is 1. The number of ether oxygens (including phenoxy) is 3. The molecule has 0 aliphatic heterocycles. The first-order chi connectivity index (χ1) is 17.0. The molecule has 0 radical (unpaired) electrons. The number of para-hydroxylation sites is 1. The van der Waals surface area contributed by atoms with E-state index in [0.29, 0.717) is 39.3 Å². The van der Waals surface area contributed by atoms with E-state index in [9.17, 15) is 9.59 Å². The number of carbonyl (C=O) groups is 2. The van der Waals surface area contributed by atoms with Crippen LogP contribution in [0.15, 0.2) is 72.8 Å². The van der Waals surface area contributed by atoms with Gasteiger partial charge in [-0.15, -0.1) is 0 Å². The number of fused-ring (bicyclic) bond motifs is 1. The van der Waals surface area contributed by atoms with Crippen molar-refractivity contribution in [2.75, 3.05) is 26.1 Å². The molecule has 1 aromatic heterocycles. The number of anilines is 1. The molecule has 0 spiro atoms. The van der Waals surface area contributed by atoms with Gasteiger partial charge in [-0.25, -0.2) is 9.78 Å². The molecule has 1 heterocycles. The van der Waals surface area contributed by atoms with Crippen LogP contribution in [0.3, 0.4) is 0 Å². The summed E-state index contributed by atoms with van der Waals surface area (Å²) in [5.41, 5.74) is 3.12. The molecule has 0 saturated carbocycles. The number of rotatable bonds is 7. The van der Waals surface area contributed by atoms with Crippen LogP contribution in [0, 0.1) is 11.3 Å². The van der Waals surface area contributed by atoms with Crippen molar-refractivity contribution in [3.8, 4) is 28.8 Å². The van der Waals surface area contributed by atoms with Gasteiger partial charge in [0, 0.05) is 16.6 Å². The van der Waals surface area contributed by atoms with Crippen molar-refractivity contribution in [2.24, 2.45) is 0 Å². The maximum atomic E-state index is 13.0. The molecule has 1 N–H and O–H groups in total. The number of esters is 1. The van der Waals surface area contributed by atoms with Gasteiger partial charge in [-0.1, -0.05) is 18.2 Å². The van der Waals surface area contributed by atoms with E-state index in [1.54, 1.807) is 74.9 Å². The van der Waals surface area contributed by atoms with Gasteiger partial charge in [-0.05, 0) is 54.6 Å². The molecular weight excluding hydrogens is 446 g/mol. The van der Waals surface area contributed by atoms with Gasteiger partial charge >= 0.3 is 5.97 Å². The van der Waals surface area contributed by atoms with Crippen LogP contribution < -0.4 is 14.8 Å². The standard InChI is InChI=1S/C27H21N3O5/c1-33-24-12-9-18(13-25(24)34-2)23-14-21(20-5-3-4-6-22(20)30-23)27(32)35-16-26(31)29-19-10-7-17(15-28)8-11-19/h3-14H,16H2,1-2H3,(H,29,31). The number of amides is 1. The van der Waals surface area contributed by atoms with Crippen LogP contribution in [-0.2, 0) is 9.53 Å². The number of methoxy groups -OCH3 is 2. The number of nitrogens with one attached hydrogen (secondary N) is 1. The van der Waals surface area contributed by atoms with Crippen LogP contribution in [0.5, 0.6) is 11.5 Å². The second-order valence-corrected chi connectivity index (χ2v) is 7.46. The fourth-order valence-electron chi connectivity index (χ4n) is 3.52. The van der Waals surface area contributed by atoms with Crippen LogP contribution in [0.25, 0.3) is 22.2 Å². The van der Waals surface area contributed by atoms with Crippen LogP contribution in [0.4, 0.5) is 5.69 Å². The summed E-state index contributed by atoms with van der Waals surface area (Å²) >= 11 is 0. The van der Waals surface area contributed by atoms with E-state index in [2.05, 4.69) is 10.3 Å². The molecular formula is C27H21N3O5. The minimum Gasteiger partial charge on any atom is -0.493 e. The van der Waals surface area contributed by atoms with Gasteiger partial charge in [0.25, 0.3) is 5.91 Å². The lowest BCUT2D eigenvalue weighted by Gasteiger charge is -2.12. The Hall–Kier alpha value is -4.90.